The van der Waals surface area contributed by atoms with Gasteiger partial charge in [-0.3, -0.25) is 0 Å². The first-order chi connectivity index (χ1) is 26.3. The fraction of sp³-hybridized carbons (Fsp3) is 0. The van der Waals surface area contributed by atoms with E-state index in [0.717, 1.165) is 51.0 Å². The van der Waals surface area contributed by atoms with Crippen LogP contribution in [0.25, 0.3) is 44.8 Å². The zero-order valence-corrected chi connectivity index (χ0v) is 31.3. The van der Waals surface area contributed by atoms with Crippen LogP contribution in [0.5, 0.6) is 0 Å². The van der Waals surface area contributed by atoms with Crippen LogP contribution in [0.1, 0.15) is 0 Å². The lowest BCUT2D eigenvalue weighted by Crippen LogP contribution is -3.00. The van der Waals surface area contributed by atoms with Gasteiger partial charge in [0.15, 0.2) is 11.3 Å². The van der Waals surface area contributed by atoms with Crippen molar-refractivity contribution in [2.75, 3.05) is 10.6 Å². The molecule has 6 nitrogen and oxygen atoms in total. The minimum Gasteiger partial charge on any atom is -1.00 e. The molecule has 55 heavy (non-hydrogen) atoms. The molecule has 0 radical (unpaired) electrons. The third-order valence-electron chi connectivity index (χ3n) is 8.89. The number of pyridine rings is 2. The molecule has 0 aliphatic heterocycles. The van der Waals surface area contributed by atoms with Crippen molar-refractivity contribution in [3.63, 3.8) is 0 Å². The summed E-state index contributed by atoms with van der Waals surface area (Å²) < 4.78 is 4.36. The summed E-state index contributed by atoms with van der Waals surface area (Å²) in [5, 5.41) is 6.91. The van der Waals surface area contributed by atoms with Crippen LogP contribution in [0.2, 0.25) is 0 Å². The molecule has 0 bridgehead atoms. The summed E-state index contributed by atoms with van der Waals surface area (Å²) in [6, 6.07) is 66.1. The molecule has 0 saturated carbocycles. The van der Waals surface area contributed by atoms with Crippen molar-refractivity contribution in [3.05, 3.63) is 213 Å². The number of hydrogen-bond donors (Lipinski definition) is 2. The molecule has 8 heteroatoms. The normalized spacial score (nSPS) is 10.3. The number of fused-ring (bicyclic) bond motifs is 1. The van der Waals surface area contributed by atoms with Crippen molar-refractivity contribution in [3.8, 4) is 33.6 Å². The van der Waals surface area contributed by atoms with Gasteiger partial charge in [-0.1, -0.05) is 133 Å². The number of hydrogen-bond acceptors (Lipinski definition) is 4. The van der Waals surface area contributed by atoms with Crippen molar-refractivity contribution >= 4 is 34.0 Å². The van der Waals surface area contributed by atoms with Gasteiger partial charge in [-0.05, 0) is 71.8 Å². The number of rotatable bonds is 8. The van der Waals surface area contributed by atoms with Crippen LogP contribution < -0.4 is 40.0 Å². The van der Waals surface area contributed by atoms with Crippen molar-refractivity contribution in [1.29, 1.82) is 0 Å². The lowest BCUT2D eigenvalue weighted by Gasteiger charge is -2.15. The molecule has 270 valence electrons. The topological polar surface area (TPSA) is 58.6 Å². The maximum Gasteiger partial charge on any atom is 0.274 e. The van der Waals surface area contributed by atoms with Gasteiger partial charge in [0.25, 0.3) is 12.0 Å². The Labute approximate surface area is 333 Å². The smallest absolute Gasteiger partial charge is 0.274 e. The Hall–Kier alpha value is -6.73. The summed E-state index contributed by atoms with van der Waals surface area (Å²) in [7, 11) is 0. The lowest BCUT2D eigenvalue weighted by molar-refractivity contribution is -0.567. The first-order valence-electron chi connectivity index (χ1n) is 17.6. The number of anilines is 4. The van der Waals surface area contributed by atoms with E-state index in [1.807, 2.05) is 91.1 Å². The molecule has 0 amide bonds. The molecule has 0 aliphatic carbocycles. The molecule has 9 aromatic rings. The molecule has 0 aliphatic rings. The SMILES string of the molecule is [Cl-].[Cl-].c1ccc(-c2ccccc2-[n+]2cn(-c3ccccc3)c3ncccc32)cc1.c1ccc(Nc2ncccc2Nc2ccccc2-c2ccccc2)cc1. The first kappa shape index (κ1) is 38.0. The third-order valence-corrected chi connectivity index (χ3v) is 8.89. The van der Waals surface area contributed by atoms with E-state index in [4.69, 9.17) is 0 Å². The number of nitrogens with zero attached hydrogens (tertiary/aromatic N) is 4. The van der Waals surface area contributed by atoms with E-state index >= 15 is 0 Å². The van der Waals surface area contributed by atoms with E-state index in [1.165, 1.54) is 16.7 Å². The number of benzene rings is 6. The maximum atomic E-state index is 4.65. The van der Waals surface area contributed by atoms with E-state index in [9.17, 15) is 0 Å². The summed E-state index contributed by atoms with van der Waals surface area (Å²) in [5.74, 6) is 0.793. The highest BCUT2D eigenvalue weighted by atomic mass is 35.5. The van der Waals surface area contributed by atoms with Gasteiger partial charge in [0.2, 0.25) is 0 Å². The van der Waals surface area contributed by atoms with Crippen molar-refractivity contribution in [1.82, 2.24) is 14.5 Å². The predicted molar refractivity (Wildman–Crippen MR) is 217 cm³/mol. The Bertz CT molecular complexity index is 2560. The predicted octanol–water partition coefficient (Wildman–Crippen LogP) is 5.21. The van der Waals surface area contributed by atoms with Crippen LogP contribution in [0.4, 0.5) is 22.9 Å². The van der Waals surface area contributed by atoms with Gasteiger partial charge in [-0.15, -0.1) is 0 Å². The zero-order valence-electron chi connectivity index (χ0n) is 29.8. The van der Waals surface area contributed by atoms with Gasteiger partial charge in [0, 0.05) is 34.9 Å². The van der Waals surface area contributed by atoms with Crippen LogP contribution in [0.3, 0.4) is 0 Å². The number of nitrogens with one attached hydrogen (secondary N) is 2. The molecule has 0 atom stereocenters. The quantitative estimate of drug-likeness (QED) is 0.209. The Kier molecular flexibility index (Phi) is 12.7. The monoisotopic (exact) mass is 755 g/mol. The number of aromatic nitrogens is 4. The molecular formula is C47H37Cl2N6-. The van der Waals surface area contributed by atoms with Gasteiger partial charge in [0.05, 0.1) is 5.69 Å². The highest BCUT2D eigenvalue weighted by Gasteiger charge is 2.22. The van der Waals surface area contributed by atoms with E-state index in [1.54, 1.807) is 6.20 Å². The second-order valence-electron chi connectivity index (χ2n) is 12.3. The van der Waals surface area contributed by atoms with Crippen LogP contribution >= 0.6 is 0 Å². The van der Waals surface area contributed by atoms with E-state index in [2.05, 4.69) is 145 Å². The molecule has 6 aromatic carbocycles. The molecule has 2 N–H and O–H groups in total. The molecule has 9 rings (SSSR count). The zero-order chi connectivity index (χ0) is 35.7. The molecule has 3 heterocycles. The van der Waals surface area contributed by atoms with E-state index < -0.39 is 0 Å². The minimum absolute atomic E-state index is 0. The fourth-order valence-electron chi connectivity index (χ4n) is 6.38. The average Bonchev–Trinajstić information content (AvgIpc) is 3.63. The van der Waals surface area contributed by atoms with Crippen molar-refractivity contribution in [2.24, 2.45) is 0 Å². The highest BCUT2D eigenvalue weighted by Crippen LogP contribution is 2.33. The second-order valence-corrected chi connectivity index (χ2v) is 12.3. The van der Waals surface area contributed by atoms with Crippen molar-refractivity contribution < 1.29 is 29.4 Å². The third kappa shape index (κ3) is 8.74. The molecule has 0 fully saturated rings. The largest absolute Gasteiger partial charge is 1.00 e. The maximum absolute atomic E-state index is 4.65. The summed E-state index contributed by atoms with van der Waals surface area (Å²) in [5.41, 5.74) is 11.9. The first-order valence-corrected chi connectivity index (χ1v) is 17.6. The molecule has 0 spiro atoms. The lowest BCUT2D eigenvalue weighted by atomic mass is 10.0. The fourth-order valence-corrected chi connectivity index (χ4v) is 6.38. The Morgan fingerprint density at radius 1 is 0.436 bits per heavy atom. The van der Waals surface area contributed by atoms with E-state index in [-0.39, 0.29) is 24.8 Å². The average molecular weight is 757 g/mol. The summed E-state index contributed by atoms with van der Waals surface area (Å²) in [4.78, 5) is 9.15. The molecule has 3 aromatic heterocycles. The number of halogens is 2. The molecule has 0 unspecified atom stereocenters. The summed E-state index contributed by atoms with van der Waals surface area (Å²) >= 11 is 0. The van der Waals surface area contributed by atoms with Crippen LogP contribution in [-0.2, 0) is 0 Å². The van der Waals surface area contributed by atoms with Gasteiger partial charge >= 0.3 is 0 Å². The van der Waals surface area contributed by atoms with Gasteiger partial charge in [0.1, 0.15) is 11.4 Å². The van der Waals surface area contributed by atoms with Crippen LogP contribution in [0.15, 0.2) is 213 Å². The summed E-state index contributed by atoms with van der Waals surface area (Å²) in [6.45, 7) is 0. The van der Waals surface area contributed by atoms with Gasteiger partial charge in [-0.2, -0.15) is 9.13 Å². The van der Waals surface area contributed by atoms with Gasteiger partial charge < -0.3 is 35.4 Å². The number of para-hydroxylation sites is 4. The van der Waals surface area contributed by atoms with Crippen LogP contribution in [0, 0.1) is 0 Å². The Morgan fingerprint density at radius 3 is 1.67 bits per heavy atom. The highest BCUT2D eigenvalue weighted by molar-refractivity contribution is 5.84. The van der Waals surface area contributed by atoms with Crippen molar-refractivity contribution in [2.45, 2.75) is 0 Å². The number of imidazole rings is 1. The molecular weight excluding hydrogens is 719 g/mol. The molecule has 0 saturated heterocycles. The van der Waals surface area contributed by atoms with E-state index in [0.29, 0.717) is 0 Å². The Balaban J connectivity index is 0.000000181. The van der Waals surface area contributed by atoms with Crippen LogP contribution in [-0.4, -0.2) is 14.5 Å². The standard InChI is InChI=1S/C24H18N3.C23H19N3.2ClH/c1-3-10-19(11-4-1)21-14-7-8-15-22(21)27-18-26(20-12-5-2-6-13-20)24-23(27)16-9-17-25-24;1-3-10-18(11-4-1)20-14-7-8-15-21(20)26-22-16-9-17-24-23(22)25-19-12-5-2-6-13-19;;/h1-18H;1-17,26H,(H,24,25);2*1H/q+1;;;/p-2. The second kappa shape index (κ2) is 18.3. The summed E-state index contributed by atoms with van der Waals surface area (Å²) in [6.07, 6.45) is 5.75. The minimum atomic E-state index is 0. The Morgan fingerprint density at radius 2 is 0.964 bits per heavy atom. The van der Waals surface area contributed by atoms with Gasteiger partial charge in [-0.25, -0.2) is 9.97 Å².